The Balaban J connectivity index is 1.81. The zero-order valence-corrected chi connectivity index (χ0v) is 11.9. The molecule has 1 aliphatic rings. The summed E-state index contributed by atoms with van der Waals surface area (Å²) in [6.07, 6.45) is 5.70. The van der Waals surface area contributed by atoms with E-state index in [1.54, 1.807) is 0 Å². The molecule has 0 saturated carbocycles. The molecule has 0 aliphatic carbocycles. The van der Waals surface area contributed by atoms with Gasteiger partial charge in [0, 0.05) is 17.9 Å². The lowest BCUT2D eigenvalue weighted by Gasteiger charge is -2.20. The first-order valence-corrected chi connectivity index (χ1v) is 7.68. The average Bonchev–Trinajstić information content (AvgIpc) is 2.67. The molecule has 96 valence electrons. The van der Waals surface area contributed by atoms with Gasteiger partial charge in [0.05, 0.1) is 6.10 Å². The molecule has 1 unspecified atom stereocenters. The standard InChI is InChI=1S/C13H27NOS/c1-13(2,3)14-8-4-5-10-16-11-12-7-6-9-15-12/h12,14H,4-11H2,1-3H3. The molecule has 0 aromatic rings. The van der Waals surface area contributed by atoms with Gasteiger partial charge < -0.3 is 10.1 Å². The number of unbranched alkanes of at least 4 members (excludes halogenated alkanes) is 1. The minimum Gasteiger partial charge on any atom is -0.377 e. The highest BCUT2D eigenvalue weighted by molar-refractivity contribution is 7.99. The van der Waals surface area contributed by atoms with Crippen molar-refractivity contribution in [2.24, 2.45) is 0 Å². The maximum atomic E-state index is 5.59. The van der Waals surface area contributed by atoms with Crippen LogP contribution in [0, 0.1) is 0 Å². The van der Waals surface area contributed by atoms with E-state index < -0.39 is 0 Å². The molecule has 16 heavy (non-hydrogen) atoms. The van der Waals surface area contributed by atoms with Crippen molar-refractivity contribution in [3.8, 4) is 0 Å². The van der Waals surface area contributed by atoms with Crippen LogP contribution in [-0.4, -0.2) is 36.3 Å². The van der Waals surface area contributed by atoms with Gasteiger partial charge in [0.1, 0.15) is 0 Å². The first kappa shape index (κ1) is 14.3. The Bertz CT molecular complexity index is 173. The van der Waals surface area contributed by atoms with Crippen LogP contribution in [0.15, 0.2) is 0 Å². The molecular formula is C13H27NOS. The van der Waals surface area contributed by atoms with E-state index in [4.69, 9.17) is 4.74 Å². The molecule has 0 amide bonds. The lowest BCUT2D eigenvalue weighted by Crippen LogP contribution is -2.36. The zero-order chi connectivity index (χ0) is 11.9. The first-order chi connectivity index (χ1) is 7.58. The second kappa shape index (κ2) is 7.57. The number of thioether (sulfide) groups is 1. The van der Waals surface area contributed by atoms with Crippen LogP contribution in [0.25, 0.3) is 0 Å². The Morgan fingerprint density at radius 2 is 2.12 bits per heavy atom. The van der Waals surface area contributed by atoms with Gasteiger partial charge in [-0.15, -0.1) is 0 Å². The molecule has 1 N–H and O–H groups in total. The quantitative estimate of drug-likeness (QED) is 0.697. The van der Waals surface area contributed by atoms with Crippen LogP contribution >= 0.6 is 11.8 Å². The van der Waals surface area contributed by atoms with Crippen LogP contribution in [0.2, 0.25) is 0 Å². The topological polar surface area (TPSA) is 21.3 Å². The van der Waals surface area contributed by atoms with Crippen LogP contribution in [-0.2, 0) is 4.74 Å². The molecule has 0 spiro atoms. The normalized spacial score (nSPS) is 21.6. The minimum absolute atomic E-state index is 0.269. The second-order valence-corrected chi connectivity index (χ2v) is 6.74. The maximum Gasteiger partial charge on any atom is 0.0666 e. The Morgan fingerprint density at radius 3 is 2.75 bits per heavy atom. The van der Waals surface area contributed by atoms with Crippen molar-refractivity contribution in [2.45, 2.75) is 58.1 Å². The maximum absolute atomic E-state index is 5.59. The molecule has 0 bridgehead atoms. The predicted molar refractivity (Wildman–Crippen MR) is 73.3 cm³/mol. The Morgan fingerprint density at radius 1 is 1.31 bits per heavy atom. The smallest absolute Gasteiger partial charge is 0.0666 e. The molecule has 1 heterocycles. The summed E-state index contributed by atoms with van der Waals surface area (Å²) >= 11 is 2.06. The van der Waals surface area contributed by atoms with Gasteiger partial charge in [0.15, 0.2) is 0 Å². The van der Waals surface area contributed by atoms with E-state index in [0.717, 1.165) is 13.2 Å². The average molecular weight is 245 g/mol. The van der Waals surface area contributed by atoms with Crippen LogP contribution in [0.3, 0.4) is 0 Å². The van der Waals surface area contributed by atoms with Crippen molar-refractivity contribution >= 4 is 11.8 Å². The molecule has 0 radical (unpaired) electrons. The van der Waals surface area contributed by atoms with Gasteiger partial charge >= 0.3 is 0 Å². The molecule has 1 saturated heterocycles. The van der Waals surface area contributed by atoms with Gasteiger partial charge in [0.2, 0.25) is 0 Å². The van der Waals surface area contributed by atoms with Gasteiger partial charge in [-0.05, 0) is 58.8 Å². The fourth-order valence-electron chi connectivity index (χ4n) is 1.78. The summed E-state index contributed by atoms with van der Waals surface area (Å²) in [6.45, 7) is 8.79. The van der Waals surface area contributed by atoms with Crippen LogP contribution in [0.1, 0.15) is 46.5 Å². The fourth-order valence-corrected chi connectivity index (χ4v) is 2.88. The molecular weight excluding hydrogens is 218 g/mol. The Kier molecular flexibility index (Phi) is 6.78. The molecule has 1 atom stereocenters. The summed E-state index contributed by atoms with van der Waals surface area (Å²) in [7, 11) is 0. The highest BCUT2D eigenvalue weighted by Crippen LogP contribution is 2.17. The van der Waals surface area contributed by atoms with Crippen molar-refractivity contribution in [2.75, 3.05) is 24.7 Å². The fraction of sp³-hybridized carbons (Fsp3) is 1.00. The highest BCUT2D eigenvalue weighted by Gasteiger charge is 2.14. The zero-order valence-electron chi connectivity index (χ0n) is 11.1. The largest absolute Gasteiger partial charge is 0.377 e. The van der Waals surface area contributed by atoms with Crippen molar-refractivity contribution in [1.82, 2.24) is 5.32 Å². The van der Waals surface area contributed by atoms with E-state index in [9.17, 15) is 0 Å². The third-order valence-corrected chi connectivity index (χ3v) is 3.88. The lowest BCUT2D eigenvalue weighted by molar-refractivity contribution is 0.129. The second-order valence-electron chi connectivity index (χ2n) is 5.59. The predicted octanol–water partition coefficient (Wildman–Crippen LogP) is 3.07. The van der Waals surface area contributed by atoms with Crippen molar-refractivity contribution in [1.29, 1.82) is 0 Å². The van der Waals surface area contributed by atoms with E-state index in [2.05, 4.69) is 37.8 Å². The monoisotopic (exact) mass is 245 g/mol. The van der Waals surface area contributed by atoms with Gasteiger partial charge in [-0.1, -0.05) is 0 Å². The van der Waals surface area contributed by atoms with Gasteiger partial charge in [-0.3, -0.25) is 0 Å². The SMILES string of the molecule is CC(C)(C)NCCCCSCC1CCCO1. The molecule has 0 aromatic heterocycles. The van der Waals surface area contributed by atoms with Crippen molar-refractivity contribution < 1.29 is 4.74 Å². The summed E-state index contributed by atoms with van der Waals surface area (Å²) in [4.78, 5) is 0. The van der Waals surface area contributed by atoms with Gasteiger partial charge in [0.25, 0.3) is 0 Å². The molecule has 0 aromatic carbocycles. The van der Waals surface area contributed by atoms with Gasteiger partial charge in [-0.25, -0.2) is 0 Å². The third-order valence-electron chi connectivity index (χ3n) is 2.70. The minimum atomic E-state index is 0.269. The van der Waals surface area contributed by atoms with Crippen LogP contribution in [0.5, 0.6) is 0 Å². The third kappa shape index (κ3) is 7.53. The number of hydrogen-bond acceptors (Lipinski definition) is 3. The highest BCUT2D eigenvalue weighted by atomic mass is 32.2. The van der Waals surface area contributed by atoms with Gasteiger partial charge in [-0.2, -0.15) is 11.8 Å². The Labute approximate surface area is 105 Å². The van der Waals surface area contributed by atoms with Crippen LogP contribution < -0.4 is 5.32 Å². The lowest BCUT2D eigenvalue weighted by atomic mass is 10.1. The van der Waals surface area contributed by atoms with E-state index in [0.29, 0.717) is 6.10 Å². The molecule has 1 rings (SSSR count). The summed E-state index contributed by atoms with van der Waals surface area (Å²) in [5, 5.41) is 3.52. The van der Waals surface area contributed by atoms with E-state index >= 15 is 0 Å². The number of hydrogen-bond donors (Lipinski definition) is 1. The Hall–Kier alpha value is 0.270. The molecule has 1 fully saturated rings. The number of nitrogens with one attached hydrogen (secondary N) is 1. The molecule has 1 aliphatic heterocycles. The van der Waals surface area contributed by atoms with Crippen molar-refractivity contribution in [3.63, 3.8) is 0 Å². The van der Waals surface area contributed by atoms with E-state index in [1.165, 1.54) is 37.2 Å². The van der Waals surface area contributed by atoms with E-state index in [-0.39, 0.29) is 5.54 Å². The first-order valence-electron chi connectivity index (χ1n) is 6.52. The molecule has 2 nitrogen and oxygen atoms in total. The summed E-state index contributed by atoms with van der Waals surface area (Å²) in [5.41, 5.74) is 0.269. The number of ether oxygens (including phenoxy) is 1. The van der Waals surface area contributed by atoms with E-state index in [1.807, 2.05) is 0 Å². The van der Waals surface area contributed by atoms with Crippen LogP contribution in [0.4, 0.5) is 0 Å². The summed E-state index contributed by atoms with van der Waals surface area (Å²) in [6, 6.07) is 0. The van der Waals surface area contributed by atoms with Crippen molar-refractivity contribution in [3.05, 3.63) is 0 Å². The molecule has 3 heteroatoms. The number of rotatable bonds is 7. The summed E-state index contributed by atoms with van der Waals surface area (Å²) in [5.74, 6) is 2.48. The summed E-state index contributed by atoms with van der Waals surface area (Å²) < 4.78 is 5.59.